The number of benzene rings is 1. The minimum absolute atomic E-state index is 0.452. The molecule has 1 aliphatic carbocycles. The zero-order valence-corrected chi connectivity index (χ0v) is 17.5. The first-order valence-corrected chi connectivity index (χ1v) is 10.4. The van der Waals surface area contributed by atoms with Crippen LogP contribution in [0.1, 0.15) is 29.9 Å². The van der Waals surface area contributed by atoms with Crippen LogP contribution in [0.2, 0.25) is 10.0 Å². The third-order valence-corrected chi connectivity index (χ3v) is 6.22. The molecule has 5 nitrogen and oxygen atoms in total. The standard InChI is InChI=1S/C21H15Cl2N3O2S/c22-15-6-3-5-14(19(15)23)17-9-8-12(27-17)10-25-26-11-24-20-18(21(26)29)13-4-1-2-7-16(13)28-20/h3,5-6,8-11H,1-2,4,7H2/b25-10-. The second-order valence-electron chi connectivity index (χ2n) is 6.83. The van der Waals surface area contributed by atoms with E-state index in [0.717, 1.165) is 42.4 Å². The van der Waals surface area contributed by atoms with Gasteiger partial charge in [0.05, 0.1) is 21.6 Å². The Bertz CT molecular complexity index is 1320. The SMILES string of the molecule is S=c1c2c3c(oc2ncn1/N=C\c1ccc(-c2cccc(Cl)c2Cl)o1)CCCC3. The van der Waals surface area contributed by atoms with E-state index in [0.29, 0.717) is 31.9 Å². The van der Waals surface area contributed by atoms with E-state index < -0.39 is 0 Å². The monoisotopic (exact) mass is 443 g/mol. The van der Waals surface area contributed by atoms with Crippen molar-refractivity contribution in [1.29, 1.82) is 0 Å². The van der Waals surface area contributed by atoms with E-state index in [9.17, 15) is 0 Å². The second kappa shape index (κ2) is 7.44. The van der Waals surface area contributed by atoms with Crippen LogP contribution in [0.15, 0.2) is 50.6 Å². The number of aryl methyl sites for hydroxylation is 2. The third-order valence-electron chi connectivity index (χ3n) is 5.01. The summed E-state index contributed by atoms with van der Waals surface area (Å²) in [4.78, 5) is 4.39. The Balaban J connectivity index is 1.49. The zero-order valence-electron chi connectivity index (χ0n) is 15.2. The summed E-state index contributed by atoms with van der Waals surface area (Å²) >= 11 is 18.0. The predicted octanol–water partition coefficient (Wildman–Crippen LogP) is 6.69. The van der Waals surface area contributed by atoms with E-state index in [-0.39, 0.29) is 0 Å². The smallest absolute Gasteiger partial charge is 0.231 e. The molecule has 29 heavy (non-hydrogen) atoms. The van der Waals surface area contributed by atoms with Gasteiger partial charge >= 0.3 is 0 Å². The first-order valence-electron chi connectivity index (χ1n) is 9.22. The number of aromatic nitrogens is 2. The van der Waals surface area contributed by atoms with Crippen LogP contribution in [-0.4, -0.2) is 15.9 Å². The maximum atomic E-state index is 6.27. The molecule has 0 aliphatic heterocycles. The van der Waals surface area contributed by atoms with Gasteiger partial charge in [-0.3, -0.25) is 0 Å². The maximum Gasteiger partial charge on any atom is 0.231 e. The van der Waals surface area contributed by atoms with Crippen LogP contribution >= 0.6 is 35.4 Å². The lowest BCUT2D eigenvalue weighted by molar-refractivity contribution is 0.499. The van der Waals surface area contributed by atoms with Crippen LogP contribution in [0, 0.1) is 4.64 Å². The Labute approximate surface area is 181 Å². The summed E-state index contributed by atoms with van der Waals surface area (Å²) in [5.41, 5.74) is 2.48. The summed E-state index contributed by atoms with van der Waals surface area (Å²) in [6.07, 6.45) is 7.32. The Morgan fingerprint density at radius 3 is 2.86 bits per heavy atom. The number of hydrogen-bond acceptors (Lipinski definition) is 5. The van der Waals surface area contributed by atoms with Crippen molar-refractivity contribution < 1.29 is 8.83 Å². The number of hydrogen-bond donors (Lipinski definition) is 0. The van der Waals surface area contributed by atoms with Gasteiger partial charge in [0.15, 0.2) is 0 Å². The van der Waals surface area contributed by atoms with Gasteiger partial charge < -0.3 is 8.83 Å². The summed E-state index contributed by atoms with van der Waals surface area (Å²) in [7, 11) is 0. The number of nitrogens with zero attached hydrogens (tertiary/aromatic N) is 3. The summed E-state index contributed by atoms with van der Waals surface area (Å²) in [6.45, 7) is 0. The number of halogens is 2. The summed E-state index contributed by atoms with van der Waals surface area (Å²) < 4.78 is 13.9. The van der Waals surface area contributed by atoms with Gasteiger partial charge in [-0.15, -0.1) is 0 Å². The lowest BCUT2D eigenvalue weighted by Gasteiger charge is -2.08. The second-order valence-corrected chi connectivity index (χ2v) is 8.01. The van der Waals surface area contributed by atoms with E-state index in [1.54, 1.807) is 23.3 Å². The average Bonchev–Trinajstić information content (AvgIpc) is 3.34. The van der Waals surface area contributed by atoms with E-state index in [1.807, 2.05) is 24.3 Å². The van der Waals surface area contributed by atoms with Crippen LogP contribution in [0.3, 0.4) is 0 Å². The molecule has 0 bridgehead atoms. The van der Waals surface area contributed by atoms with Crippen molar-refractivity contribution in [2.24, 2.45) is 5.10 Å². The van der Waals surface area contributed by atoms with Crippen molar-refractivity contribution >= 4 is 52.7 Å². The van der Waals surface area contributed by atoms with Gasteiger partial charge in [-0.05, 0) is 43.5 Å². The molecule has 0 amide bonds. The third kappa shape index (κ3) is 3.31. The molecule has 4 aromatic rings. The lowest BCUT2D eigenvalue weighted by atomic mass is 9.97. The van der Waals surface area contributed by atoms with Crippen LogP contribution in [0.4, 0.5) is 0 Å². The zero-order chi connectivity index (χ0) is 20.0. The molecular weight excluding hydrogens is 429 g/mol. The molecule has 0 saturated heterocycles. The largest absolute Gasteiger partial charge is 0.455 e. The van der Waals surface area contributed by atoms with Crippen molar-refractivity contribution in [2.75, 3.05) is 0 Å². The van der Waals surface area contributed by atoms with Crippen LogP contribution < -0.4 is 0 Å². The lowest BCUT2D eigenvalue weighted by Crippen LogP contribution is -2.00. The highest BCUT2D eigenvalue weighted by molar-refractivity contribution is 7.71. The van der Waals surface area contributed by atoms with Crippen molar-refractivity contribution in [2.45, 2.75) is 25.7 Å². The van der Waals surface area contributed by atoms with Crippen molar-refractivity contribution in [3.63, 3.8) is 0 Å². The first-order chi connectivity index (χ1) is 14.1. The van der Waals surface area contributed by atoms with E-state index in [2.05, 4.69) is 10.1 Å². The molecular formula is C21H15Cl2N3O2S. The molecule has 3 aromatic heterocycles. The van der Waals surface area contributed by atoms with Crippen molar-refractivity contribution in [1.82, 2.24) is 9.66 Å². The van der Waals surface area contributed by atoms with Crippen molar-refractivity contribution in [3.8, 4) is 11.3 Å². The van der Waals surface area contributed by atoms with Gasteiger partial charge in [0.25, 0.3) is 0 Å². The molecule has 8 heteroatoms. The maximum absolute atomic E-state index is 6.27. The van der Waals surface area contributed by atoms with E-state index in [1.165, 1.54) is 5.56 Å². The topological polar surface area (TPSA) is 56.5 Å². The van der Waals surface area contributed by atoms with Crippen LogP contribution in [0.5, 0.6) is 0 Å². The van der Waals surface area contributed by atoms with Gasteiger partial charge in [0.2, 0.25) is 5.71 Å². The quantitative estimate of drug-likeness (QED) is 0.261. The number of furan rings is 2. The Hall–Kier alpha value is -2.41. The Kier molecular flexibility index (Phi) is 4.78. The molecule has 0 spiro atoms. The highest BCUT2D eigenvalue weighted by Gasteiger charge is 2.20. The molecule has 0 fully saturated rings. The molecule has 3 heterocycles. The minimum Gasteiger partial charge on any atom is -0.455 e. The fraction of sp³-hybridized carbons (Fsp3) is 0.190. The van der Waals surface area contributed by atoms with Crippen molar-refractivity contribution in [3.05, 3.63) is 68.4 Å². The van der Waals surface area contributed by atoms with Gasteiger partial charge in [0, 0.05) is 17.5 Å². The molecule has 0 saturated carbocycles. The molecule has 0 unspecified atom stereocenters. The highest BCUT2D eigenvalue weighted by Crippen LogP contribution is 2.34. The van der Waals surface area contributed by atoms with Crippen LogP contribution in [0.25, 0.3) is 22.4 Å². The number of rotatable bonds is 3. The van der Waals surface area contributed by atoms with Crippen LogP contribution in [-0.2, 0) is 12.8 Å². The molecule has 0 N–H and O–H groups in total. The predicted molar refractivity (Wildman–Crippen MR) is 117 cm³/mol. The first kappa shape index (κ1) is 18.6. The Morgan fingerprint density at radius 2 is 1.97 bits per heavy atom. The molecule has 0 radical (unpaired) electrons. The Morgan fingerprint density at radius 1 is 1.10 bits per heavy atom. The molecule has 5 rings (SSSR count). The van der Waals surface area contributed by atoms with Gasteiger partial charge in [-0.2, -0.15) is 5.10 Å². The van der Waals surface area contributed by atoms with Gasteiger partial charge in [-0.1, -0.05) is 41.5 Å². The van der Waals surface area contributed by atoms with E-state index >= 15 is 0 Å². The fourth-order valence-electron chi connectivity index (χ4n) is 3.60. The van der Waals surface area contributed by atoms with Gasteiger partial charge in [-0.25, -0.2) is 9.66 Å². The molecule has 1 aromatic carbocycles. The summed E-state index contributed by atoms with van der Waals surface area (Å²) in [5.74, 6) is 2.17. The van der Waals surface area contributed by atoms with Gasteiger partial charge in [0.1, 0.15) is 28.2 Å². The normalized spacial score (nSPS) is 14.0. The summed E-state index contributed by atoms with van der Waals surface area (Å²) in [6, 6.07) is 9.05. The average molecular weight is 444 g/mol. The fourth-order valence-corrected chi connectivity index (χ4v) is 4.30. The minimum atomic E-state index is 0.452. The molecule has 146 valence electrons. The highest BCUT2D eigenvalue weighted by atomic mass is 35.5. The summed E-state index contributed by atoms with van der Waals surface area (Å²) in [5, 5.41) is 6.25. The number of fused-ring (bicyclic) bond motifs is 3. The van der Waals surface area contributed by atoms with E-state index in [4.69, 9.17) is 44.3 Å². The molecule has 0 atom stereocenters. The molecule has 1 aliphatic rings.